The topological polar surface area (TPSA) is 56.9 Å². The molecule has 0 fully saturated rings. The molecule has 0 unspecified atom stereocenters. The minimum atomic E-state index is 0.710. The summed E-state index contributed by atoms with van der Waals surface area (Å²) in [6.45, 7) is 4.32. The van der Waals surface area contributed by atoms with Crippen LogP contribution in [0.5, 0.6) is 0 Å². The van der Waals surface area contributed by atoms with Crippen LogP contribution in [-0.4, -0.2) is 39.8 Å². The summed E-state index contributed by atoms with van der Waals surface area (Å²) in [7, 11) is 5.57. The predicted molar refractivity (Wildman–Crippen MR) is 73.7 cm³/mol. The van der Waals surface area contributed by atoms with Gasteiger partial charge in [0.25, 0.3) is 0 Å². The first-order valence-electron chi connectivity index (χ1n) is 6.34. The third-order valence-corrected chi connectivity index (χ3v) is 2.97. The Bertz CT molecular complexity index is 543. The Balaban J connectivity index is 2.18. The van der Waals surface area contributed by atoms with E-state index in [-0.39, 0.29) is 0 Å². The Hall–Kier alpha value is -1.66. The summed E-state index contributed by atoms with van der Waals surface area (Å²) in [5.74, 6) is 0. The van der Waals surface area contributed by atoms with Crippen molar-refractivity contribution in [2.24, 2.45) is 14.1 Å². The van der Waals surface area contributed by atoms with Gasteiger partial charge in [0.2, 0.25) is 0 Å². The molecule has 0 aromatic carbocycles. The van der Waals surface area contributed by atoms with Gasteiger partial charge in [0, 0.05) is 57.8 Å². The van der Waals surface area contributed by atoms with Gasteiger partial charge >= 0.3 is 0 Å². The third-order valence-electron chi connectivity index (χ3n) is 2.97. The van der Waals surface area contributed by atoms with Crippen molar-refractivity contribution in [1.29, 1.82) is 0 Å². The van der Waals surface area contributed by atoms with E-state index in [1.54, 1.807) is 7.11 Å². The van der Waals surface area contributed by atoms with Gasteiger partial charge in [-0.25, -0.2) is 0 Å². The van der Waals surface area contributed by atoms with Crippen molar-refractivity contribution >= 4 is 0 Å². The van der Waals surface area contributed by atoms with Gasteiger partial charge in [-0.15, -0.1) is 0 Å². The largest absolute Gasteiger partial charge is 0.383 e. The van der Waals surface area contributed by atoms with Gasteiger partial charge < -0.3 is 10.1 Å². The second kappa shape index (κ2) is 5.99. The number of methoxy groups -OCH3 is 1. The van der Waals surface area contributed by atoms with Crippen LogP contribution in [0.25, 0.3) is 11.3 Å². The molecule has 2 heterocycles. The van der Waals surface area contributed by atoms with Crippen LogP contribution in [0.2, 0.25) is 0 Å². The highest BCUT2D eigenvalue weighted by Gasteiger charge is 2.14. The van der Waals surface area contributed by atoms with Crippen LogP contribution in [0.4, 0.5) is 0 Å². The van der Waals surface area contributed by atoms with Gasteiger partial charge in [0.1, 0.15) is 5.69 Å². The Kier molecular flexibility index (Phi) is 4.34. The van der Waals surface area contributed by atoms with Crippen LogP contribution < -0.4 is 5.32 Å². The lowest BCUT2D eigenvalue weighted by Gasteiger charge is -2.03. The van der Waals surface area contributed by atoms with E-state index >= 15 is 0 Å². The molecule has 0 saturated carbocycles. The van der Waals surface area contributed by atoms with Crippen molar-refractivity contribution in [1.82, 2.24) is 24.9 Å². The average molecular weight is 263 g/mol. The average Bonchev–Trinajstić information content (AvgIpc) is 2.87. The minimum absolute atomic E-state index is 0.710. The molecule has 2 rings (SSSR count). The lowest BCUT2D eigenvalue weighted by atomic mass is 10.1. The molecule has 0 aliphatic rings. The predicted octanol–water partition coefficient (Wildman–Crippen LogP) is 0.865. The molecule has 6 heteroatoms. The number of hydrogen-bond acceptors (Lipinski definition) is 4. The van der Waals surface area contributed by atoms with Gasteiger partial charge in [-0.3, -0.25) is 9.36 Å². The number of rotatable bonds is 6. The molecule has 104 valence electrons. The SMILES string of the molecule is COCCNCc1cn(C)nc1-c1cn(C)nc1C. The third kappa shape index (κ3) is 3.21. The van der Waals surface area contributed by atoms with E-state index in [0.29, 0.717) is 6.61 Å². The summed E-state index contributed by atoms with van der Waals surface area (Å²) in [4.78, 5) is 0. The van der Waals surface area contributed by atoms with Gasteiger partial charge in [-0.05, 0) is 6.92 Å². The van der Waals surface area contributed by atoms with Gasteiger partial charge in [0.15, 0.2) is 0 Å². The van der Waals surface area contributed by atoms with E-state index in [1.807, 2.05) is 42.8 Å². The fourth-order valence-corrected chi connectivity index (χ4v) is 2.12. The molecule has 0 spiro atoms. The van der Waals surface area contributed by atoms with Gasteiger partial charge in [0.05, 0.1) is 12.3 Å². The summed E-state index contributed by atoms with van der Waals surface area (Å²) >= 11 is 0. The molecular formula is C13H21N5O. The van der Waals surface area contributed by atoms with Crippen molar-refractivity contribution in [2.75, 3.05) is 20.3 Å². The number of ether oxygens (including phenoxy) is 1. The highest BCUT2D eigenvalue weighted by atomic mass is 16.5. The molecular weight excluding hydrogens is 242 g/mol. The number of aromatic nitrogens is 4. The molecule has 6 nitrogen and oxygen atoms in total. The fourth-order valence-electron chi connectivity index (χ4n) is 2.12. The van der Waals surface area contributed by atoms with Crippen LogP contribution in [0.15, 0.2) is 12.4 Å². The van der Waals surface area contributed by atoms with Crippen molar-refractivity contribution in [3.8, 4) is 11.3 Å². The zero-order valence-electron chi connectivity index (χ0n) is 12.0. The zero-order valence-corrected chi connectivity index (χ0v) is 12.0. The van der Waals surface area contributed by atoms with E-state index in [2.05, 4.69) is 15.5 Å². The first kappa shape index (κ1) is 13.8. The molecule has 2 aromatic rings. The molecule has 2 aromatic heterocycles. The van der Waals surface area contributed by atoms with E-state index in [1.165, 1.54) is 5.56 Å². The lowest BCUT2D eigenvalue weighted by molar-refractivity contribution is 0.199. The van der Waals surface area contributed by atoms with E-state index in [9.17, 15) is 0 Å². The fraction of sp³-hybridized carbons (Fsp3) is 0.538. The highest BCUT2D eigenvalue weighted by molar-refractivity contribution is 5.64. The van der Waals surface area contributed by atoms with E-state index in [4.69, 9.17) is 4.74 Å². The summed E-state index contributed by atoms with van der Waals surface area (Å²) in [5, 5.41) is 12.3. The Labute approximate surface area is 113 Å². The Morgan fingerprint density at radius 1 is 1.21 bits per heavy atom. The molecule has 0 saturated heterocycles. The van der Waals surface area contributed by atoms with Crippen molar-refractivity contribution in [3.05, 3.63) is 23.7 Å². The maximum absolute atomic E-state index is 5.03. The highest BCUT2D eigenvalue weighted by Crippen LogP contribution is 2.24. The normalized spacial score (nSPS) is 11.2. The number of nitrogens with one attached hydrogen (secondary N) is 1. The molecule has 0 aliphatic heterocycles. The molecule has 0 radical (unpaired) electrons. The molecule has 19 heavy (non-hydrogen) atoms. The molecule has 0 aliphatic carbocycles. The van der Waals surface area contributed by atoms with Crippen LogP contribution in [0.1, 0.15) is 11.3 Å². The van der Waals surface area contributed by atoms with E-state index in [0.717, 1.165) is 30.0 Å². The summed E-state index contributed by atoms with van der Waals surface area (Å²) < 4.78 is 8.69. The Morgan fingerprint density at radius 2 is 1.95 bits per heavy atom. The second-order valence-electron chi connectivity index (χ2n) is 4.65. The standard InChI is InChI=1S/C13H21N5O/c1-10-12(9-18(3)15-10)13-11(8-17(2)16-13)7-14-5-6-19-4/h8-9,14H,5-7H2,1-4H3. The second-order valence-corrected chi connectivity index (χ2v) is 4.65. The molecule has 0 amide bonds. The Morgan fingerprint density at radius 3 is 2.58 bits per heavy atom. The van der Waals surface area contributed by atoms with Crippen molar-refractivity contribution in [3.63, 3.8) is 0 Å². The summed E-state index contributed by atoms with van der Waals surface area (Å²) in [6.07, 6.45) is 4.05. The summed E-state index contributed by atoms with van der Waals surface area (Å²) in [5.41, 5.74) is 4.26. The number of aryl methyl sites for hydroxylation is 3. The molecule has 1 N–H and O–H groups in total. The van der Waals surface area contributed by atoms with Crippen LogP contribution >= 0.6 is 0 Å². The monoisotopic (exact) mass is 263 g/mol. The molecule has 0 atom stereocenters. The summed E-state index contributed by atoms with van der Waals surface area (Å²) in [6, 6.07) is 0. The first-order valence-corrected chi connectivity index (χ1v) is 6.34. The van der Waals surface area contributed by atoms with Crippen molar-refractivity contribution < 1.29 is 4.74 Å². The van der Waals surface area contributed by atoms with Crippen LogP contribution in [0.3, 0.4) is 0 Å². The maximum atomic E-state index is 5.03. The van der Waals surface area contributed by atoms with Gasteiger partial charge in [-0.2, -0.15) is 10.2 Å². The first-order chi connectivity index (χ1) is 9.11. The smallest absolute Gasteiger partial charge is 0.100 e. The lowest BCUT2D eigenvalue weighted by Crippen LogP contribution is -2.18. The zero-order chi connectivity index (χ0) is 13.8. The number of nitrogens with zero attached hydrogens (tertiary/aromatic N) is 4. The van der Waals surface area contributed by atoms with Crippen LogP contribution in [-0.2, 0) is 25.4 Å². The van der Waals surface area contributed by atoms with Crippen molar-refractivity contribution in [2.45, 2.75) is 13.5 Å². The minimum Gasteiger partial charge on any atom is -0.383 e. The maximum Gasteiger partial charge on any atom is 0.100 e. The quantitative estimate of drug-likeness (QED) is 0.786. The number of hydrogen-bond donors (Lipinski definition) is 1. The van der Waals surface area contributed by atoms with Gasteiger partial charge in [-0.1, -0.05) is 0 Å². The molecule has 0 bridgehead atoms. The van der Waals surface area contributed by atoms with E-state index < -0.39 is 0 Å². The van der Waals surface area contributed by atoms with Crippen LogP contribution in [0, 0.1) is 6.92 Å².